The summed E-state index contributed by atoms with van der Waals surface area (Å²) in [7, 11) is 0. The van der Waals surface area contributed by atoms with Gasteiger partial charge >= 0.3 is 0 Å². The van der Waals surface area contributed by atoms with E-state index in [1.807, 2.05) is 49.9 Å². The summed E-state index contributed by atoms with van der Waals surface area (Å²) in [6, 6.07) is 9.77. The zero-order valence-corrected chi connectivity index (χ0v) is 16.1. The Morgan fingerprint density at radius 1 is 1.15 bits per heavy atom. The van der Waals surface area contributed by atoms with Crippen molar-refractivity contribution in [3.8, 4) is 0 Å². The number of benzene rings is 1. The van der Waals surface area contributed by atoms with Gasteiger partial charge in [0, 0.05) is 48.6 Å². The summed E-state index contributed by atoms with van der Waals surface area (Å²) < 4.78 is 0. The largest absolute Gasteiger partial charge is 0.368 e. The second kappa shape index (κ2) is 7.91. The van der Waals surface area contributed by atoms with Gasteiger partial charge in [0.1, 0.15) is 5.69 Å². The number of nitrogens with one attached hydrogen (secondary N) is 1. The number of amides is 1. The van der Waals surface area contributed by atoms with E-state index in [1.165, 1.54) is 0 Å². The first-order valence-corrected chi connectivity index (χ1v) is 9.22. The normalized spacial score (nSPS) is 14.7. The lowest BCUT2D eigenvalue weighted by atomic mass is 10.2. The van der Waals surface area contributed by atoms with E-state index in [-0.39, 0.29) is 11.9 Å². The molecule has 0 radical (unpaired) electrons. The quantitative estimate of drug-likeness (QED) is 0.891. The fourth-order valence-electron chi connectivity index (χ4n) is 3.00. The van der Waals surface area contributed by atoms with Crippen LogP contribution in [-0.4, -0.2) is 53.0 Å². The van der Waals surface area contributed by atoms with Crippen molar-refractivity contribution in [2.75, 3.05) is 36.4 Å². The summed E-state index contributed by atoms with van der Waals surface area (Å²) in [5.74, 6) is 0.453. The molecule has 0 saturated carbocycles. The Bertz CT molecular complexity index is 787. The molecule has 1 aromatic carbocycles. The van der Waals surface area contributed by atoms with Crippen molar-refractivity contribution in [1.29, 1.82) is 0 Å². The van der Waals surface area contributed by atoms with Gasteiger partial charge in [0.2, 0.25) is 5.95 Å². The molecule has 2 heterocycles. The molecular formula is C19H24ClN5O. The van der Waals surface area contributed by atoms with Crippen molar-refractivity contribution in [3.05, 3.63) is 46.7 Å². The molecule has 1 aliphatic rings. The van der Waals surface area contributed by atoms with E-state index in [0.29, 0.717) is 24.7 Å². The molecule has 1 amide bonds. The number of nitrogens with zero attached hydrogens (tertiary/aromatic N) is 4. The first-order chi connectivity index (χ1) is 12.4. The molecule has 0 spiro atoms. The number of anilines is 2. The number of rotatable bonds is 4. The molecule has 2 aromatic rings. The molecule has 6 nitrogen and oxygen atoms in total. The second-order valence-electron chi connectivity index (χ2n) is 6.78. The molecule has 1 N–H and O–H groups in total. The number of aromatic nitrogens is 2. The maximum absolute atomic E-state index is 12.9. The van der Waals surface area contributed by atoms with Gasteiger partial charge in [-0.3, -0.25) is 4.79 Å². The molecule has 1 aliphatic heterocycles. The Balaban J connectivity index is 1.68. The highest BCUT2D eigenvalue weighted by atomic mass is 35.5. The lowest BCUT2D eigenvalue weighted by Crippen LogP contribution is -2.49. The van der Waals surface area contributed by atoms with Gasteiger partial charge in [0.05, 0.1) is 0 Å². The third-order valence-electron chi connectivity index (χ3n) is 4.23. The molecule has 0 unspecified atom stereocenters. The van der Waals surface area contributed by atoms with Crippen LogP contribution >= 0.6 is 11.6 Å². The first kappa shape index (κ1) is 18.5. The molecule has 7 heteroatoms. The summed E-state index contributed by atoms with van der Waals surface area (Å²) >= 11 is 6.08. The molecule has 1 saturated heterocycles. The molecule has 1 aromatic heterocycles. The van der Waals surface area contributed by atoms with Crippen LogP contribution in [0.5, 0.6) is 0 Å². The van der Waals surface area contributed by atoms with Gasteiger partial charge in [-0.25, -0.2) is 9.97 Å². The minimum Gasteiger partial charge on any atom is -0.368 e. The lowest BCUT2D eigenvalue weighted by Gasteiger charge is -2.36. The predicted octanol–water partition coefficient (Wildman–Crippen LogP) is 3.22. The standard InChI is InChI=1S/C19H24ClN5O/c1-13(2)21-19-22-14(3)11-17(23-19)18(26)25-9-7-24(8-10-25)16-6-4-5-15(20)12-16/h4-6,11-13H,7-10H2,1-3H3,(H,21,22,23). The molecule has 1 fully saturated rings. The molecule has 3 rings (SSSR count). The zero-order valence-electron chi connectivity index (χ0n) is 15.4. The van der Waals surface area contributed by atoms with Crippen molar-refractivity contribution in [2.24, 2.45) is 0 Å². The molecular weight excluding hydrogens is 350 g/mol. The van der Waals surface area contributed by atoms with E-state index >= 15 is 0 Å². The molecule has 138 valence electrons. The van der Waals surface area contributed by atoms with Crippen LogP contribution in [0.1, 0.15) is 30.0 Å². The van der Waals surface area contributed by atoms with E-state index in [9.17, 15) is 4.79 Å². The summed E-state index contributed by atoms with van der Waals surface area (Å²) in [5, 5.41) is 3.89. The van der Waals surface area contributed by atoms with Crippen LogP contribution in [0.15, 0.2) is 30.3 Å². The maximum Gasteiger partial charge on any atom is 0.272 e. The van der Waals surface area contributed by atoms with E-state index in [4.69, 9.17) is 11.6 Å². The summed E-state index contributed by atoms with van der Waals surface area (Å²) in [6.45, 7) is 8.76. The number of hydrogen-bond donors (Lipinski definition) is 1. The fourth-order valence-corrected chi connectivity index (χ4v) is 3.19. The maximum atomic E-state index is 12.9. The number of hydrogen-bond acceptors (Lipinski definition) is 5. The summed E-state index contributed by atoms with van der Waals surface area (Å²) in [5.41, 5.74) is 2.31. The van der Waals surface area contributed by atoms with Crippen molar-refractivity contribution >= 4 is 29.1 Å². The highest BCUT2D eigenvalue weighted by molar-refractivity contribution is 6.30. The van der Waals surface area contributed by atoms with Crippen LogP contribution in [0.3, 0.4) is 0 Å². The van der Waals surface area contributed by atoms with Crippen molar-refractivity contribution in [1.82, 2.24) is 14.9 Å². The van der Waals surface area contributed by atoms with Crippen LogP contribution in [0.2, 0.25) is 5.02 Å². The molecule has 0 atom stereocenters. The SMILES string of the molecule is Cc1cc(C(=O)N2CCN(c3cccc(Cl)c3)CC2)nc(NC(C)C)n1. The average Bonchev–Trinajstić information content (AvgIpc) is 2.60. The Hall–Kier alpha value is -2.34. The fraction of sp³-hybridized carbons (Fsp3) is 0.421. The van der Waals surface area contributed by atoms with E-state index in [1.54, 1.807) is 6.07 Å². The Labute approximate surface area is 159 Å². The Morgan fingerprint density at radius 3 is 2.54 bits per heavy atom. The van der Waals surface area contributed by atoms with Crippen LogP contribution in [0.25, 0.3) is 0 Å². The van der Waals surface area contributed by atoms with E-state index < -0.39 is 0 Å². The topological polar surface area (TPSA) is 61.4 Å². The van der Waals surface area contributed by atoms with Crippen LogP contribution in [0, 0.1) is 6.92 Å². The lowest BCUT2D eigenvalue weighted by molar-refractivity contribution is 0.0740. The second-order valence-corrected chi connectivity index (χ2v) is 7.21. The van der Waals surface area contributed by atoms with Crippen LogP contribution in [-0.2, 0) is 0 Å². The van der Waals surface area contributed by atoms with E-state index in [2.05, 4.69) is 20.2 Å². The van der Waals surface area contributed by atoms with Gasteiger partial charge in [-0.05, 0) is 45.0 Å². The van der Waals surface area contributed by atoms with Crippen LogP contribution < -0.4 is 10.2 Å². The zero-order chi connectivity index (χ0) is 18.7. The van der Waals surface area contributed by atoms with Crippen LogP contribution in [0.4, 0.5) is 11.6 Å². The summed E-state index contributed by atoms with van der Waals surface area (Å²) in [6.07, 6.45) is 0. The van der Waals surface area contributed by atoms with Gasteiger partial charge in [-0.1, -0.05) is 17.7 Å². The predicted molar refractivity (Wildman–Crippen MR) is 105 cm³/mol. The molecule has 0 bridgehead atoms. The smallest absolute Gasteiger partial charge is 0.272 e. The number of carbonyl (C=O) groups excluding carboxylic acids is 1. The van der Waals surface area contributed by atoms with Crippen molar-refractivity contribution in [3.63, 3.8) is 0 Å². The third kappa shape index (κ3) is 4.43. The van der Waals surface area contributed by atoms with Crippen molar-refractivity contribution in [2.45, 2.75) is 26.8 Å². The van der Waals surface area contributed by atoms with Crippen molar-refractivity contribution < 1.29 is 4.79 Å². The van der Waals surface area contributed by atoms with Gasteiger partial charge in [-0.15, -0.1) is 0 Å². The minimum atomic E-state index is -0.0481. The molecule has 26 heavy (non-hydrogen) atoms. The van der Waals surface area contributed by atoms with Gasteiger partial charge in [-0.2, -0.15) is 0 Å². The van der Waals surface area contributed by atoms with Gasteiger partial charge < -0.3 is 15.1 Å². The molecule has 0 aliphatic carbocycles. The highest BCUT2D eigenvalue weighted by Gasteiger charge is 2.24. The Kier molecular flexibility index (Phi) is 5.61. The van der Waals surface area contributed by atoms with E-state index in [0.717, 1.165) is 29.5 Å². The van der Waals surface area contributed by atoms with Gasteiger partial charge in [0.25, 0.3) is 5.91 Å². The number of aryl methyl sites for hydroxylation is 1. The highest BCUT2D eigenvalue weighted by Crippen LogP contribution is 2.21. The average molecular weight is 374 g/mol. The monoisotopic (exact) mass is 373 g/mol. The minimum absolute atomic E-state index is 0.0481. The number of piperazine rings is 1. The third-order valence-corrected chi connectivity index (χ3v) is 4.47. The first-order valence-electron chi connectivity index (χ1n) is 8.84. The van der Waals surface area contributed by atoms with Gasteiger partial charge in [0.15, 0.2) is 0 Å². The number of halogens is 1. The number of carbonyl (C=O) groups is 1. The Morgan fingerprint density at radius 2 is 1.88 bits per heavy atom. The summed E-state index contributed by atoms with van der Waals surface area (Å²) in [4.78, 5) is 25.7.